The summed E-state index contributed by atoms with van der Waals surface area (Å²) in [5.41, 5.74) is 2.08. The predicted octanol–water partition coefficient (Wildman–Crippen LogP) is 2.02. The van der Waals surface area contributed by atoms with Crippen LogP contribution in [-0.2, 0) is 22.6 Å². The number of anilines is 1. The maximum atomic E-state index is 12.5. The number of rotatable bonds is 6. The van der Waals surface area contributed by atoms with Crippen LogP contribution in [0.5, 0.6) is 0 Å². The van der Waals surface area contributed by atoms with Crippen LogP contribution in [0.25, 0.3) is 10.8 Å². The molecule has 0 aliphatic rings. The largest absolute Gasteiger partial charge is 0.345 e. The van der Waals surface area contributed by atoms with Crippen LogP contribution >= 0.6 is 0 Å². The van der Waals surface area contributed by atoms with E-state index >= 15 is 0 Å². The first-order valence-corrected chi connectivity index (χ1v) is 9.10. The molecule has 0 atom stereocenters. The van der Waals surface area contributed by atoms with Gasteiger partial charge in [0.25, 0.3) is 5.56 Å². The molecule has 2 aromatic carbocycles. The fraction of sp³-hybridized carbons (Fsp3) is 0.238. The fourth-order valence-electron chi connectivity index (χ4n) is 3.03. The first kappa shape index (κ1) is 19.3. The van der Waals surface area contributed by atoms with Crippen molar-refractivity contribution >= 4 is 28.3 Å². The SMILES string of the molecule is CCc1ccccc1NC(=O)CNC(=O)Cn1nc(C)c2ccccc2c1=O. The number of hydrogen-bond donors (Lipinski definition) is 2. The highest BCUT2D eigenvalue weighted by Crippen LogP contribution is 2.15. The molecule has 0 aliphatic heterocycles. The number of hydrogen-bond acceptors (Lipinski definition) is 4. The summed E-state index contributed by atoms with van der Waals surface area (Å²) in [5.74, 6) is -0.785. The van der Waals surface area contributed by atoms with Gasteiger partial charge in [-0.3, -0.25) is 14.4 Å². The van der Waals surface area contributed by atoms with Crippen molar-refractivity contribution in [2.45, 2.75) is 26.8 Å². The first-order chi connectivity index (χ1) is 13.5. The molecule has 2 amide bonds. The molecule has 144 valence electrons. The molecular weight excluding hydrogens is 356 g/mol. The zero-order valence-electron chi connectivity index (χ0n) is 15.9. The number of aromatic nitrogens is 2. The molecule has 7 nitrogen and oxygen atoms in total. The van der Waals surface area contributed by atoms with Crippen LogP contribution in [0.2, 0.25) is 0 Å². The highest BCUT2D eigenvalue weighted by molar-refractivity contribution is 5.95. The summed E-state index contributed by atoms with van der Waals surface area (Å²) in [6, 6.07) is 14.6. The lowest BCUT2D eigenvalue weighted by Gasteiger charge is -2.11. The van der Waals surface area contributed by atoms with E-state index in [1.54, 1.807) is 19.1 Å². The Bertz CT molecular complexity index is 1090. The van der Waals surface area contributed by atoms with E-state index in [0.29, 0.717) is 11.1 Å². The van der Waals surface area contributed by atoms with Gasteiger partial charge in [-0.25, -0.2) is 4.68 Å². The molecule has 1 heterocycles. The van der Waals surface area contributed by atoms with Gasteiger partial charge in [-0.15, -0.1) is 0 Å². The Balaban J connectivity index is 1.63. The number of nitrogens with zero attached hydrogens (tertiary/aromatic N) is 2. The second-order valence-corrected chi connectivity index (χ2v) is 6.43. The van der Waals surface area contributed by atoms with E-state index in [1.165, 1.54) is 0 Å². The van der Waals surface area contributed by atoms with Crippen molar-refractivity contribution in [2.75, 3.05) is 11.9 Å². The van der Waals surface area contributed by atoms with Crippen LogP contribution < -0.4 is 16.2 Å². The number of fused-ring (bicyclic) bond motifs is 1. The molecule has 0 fully saturated rings. The molecular formula is C21H22N4O3. The molecule has 0 bridgehead atoms. The lowest BCUT2D eigenvalue weighted by atomic mass is 10.1. The van der Waals surface area contributed by atoms with E-state index in [9.17, 15) is 14.4 Å². The minimum atomic E-state index is -0.455. The highest BCUT2D eigenvalue weighted by atomic mass is 16.2. The number of amides is 2. The summed E-state index contributed by atoms with van der Waals surface area (Å²) in [7, 11) is 0. The average Bonchev–Trinajstić information content (AvgIpc) is 2.71. The molecule has 0 saturated heterocycles. The molecule has 2 N–H and O–H groups in total. The van der Waals surface area contributed by atoms with Crippen molar-refractivity contribution in [1.82, 2.24) is 15.1 Å². The number of nitrogens with one attached hydrogen (secondary N) is 2. The summed E-state index contributed by atoms with van der Waals surface area (Å²) in [5, 5.41) is 10.8. The quantitative estimate of drug-likeness (QED) is 0.686. The molecule has 0 aliphatic carbocycles. The molecule has 1 aromatic heterocycles. The third kappa shape index (κ3) is 4.25. The lowest BCUT2D eigenvalue weighted by molar-refractivity contribution is -0.124. The number of carbonyl (C=O) groups is 2. The van der Waals surface area contributed by atoms with E-state index in [-0.39, 0.29) is 24.6 Å². The Morgan fingerprint density at radius 2 is 1.68 bits per heavy atom. The van der Waals surface area contributed by atoms with Crippen molar-refractivity contribution < 1.29 is 9.59 Å². The van der Waals surface area contributed by atoms with Crippen LogP contribution in [-0.4, -0.2) is 28.1 Å². The van der Waals surface area contributed by atoms with E-state index in [4.69, 9.17) is 0 Å². The van der Waals surface area contributed by atoms with Gasteiger partial charge in [0.15, 0.2) is 0 Å². The lowest BCUT2D eigenvalue weighted by Crippen LogP contribution is -2.38. The smallest absolute Gasteiger partial charge is 0.275 e. The summed E-state index contributed by atoms with van der Waals surface area (Å²) in [4.78, 5) is 36.8. The Hall–Kier alpha value is -3.48. The van der Waals surface area contributed by atoms with Crippen LogP contribution in [0.15, 0.2) is 53.3 Å². The minimum absolute atomic E-state index is 0.182. The van der Waals surface area contributed by atoms with Crippen LogP contribution in [0.1, 0.15) is 18.2 Å². The molecule has 7 heteroatoms. The molecule has 0 radical (unpaired) electrons. The highest BCUT2D eigenvalue weighted by Gasteiger charge is 2.12. The van der Waals surface area contributed by atoms with E-state index < -0.39 is 5.91 Å². The second-order valence-electron chi connectivity index (χ2n) is 6.43. The molecule has 0 unspecified atom stereocenters. The molecule has 28 heavy (non-hydrogen) atoms. The Labute approximate surface area is 162 Å². The van der Waals surface area contributed by atoms with Gasteiger partial charge in [0.05, 0.1) is 17.6 Å². The summed E-state index contributed by atoms with van der Waals surface area (Å²) in [6.07, 6.45) is 0.790. The standard InChI is InChI=1S/C21H22N4O3/c1-3-15-8-4-7-11-18(15)23-19(26)12-22-20(27)13-25-21(28)17-10-6-5-9-16(17)14(2)24-25/h4-11H,3,12-13H2,1-2H3,(H,22,27)(H,23,26). The van der Waals surface area contributed by atoms with Crippen molar-refractivity contribution in [3.63, 3.8) is 0 Å². The van der Waals surface area contributed by atoms with E-state index in [2.05, 4.69) is 15.7 Å². The van der Waals surface area contributed by atoms with Gasteiger partial charge in [-0.1, -0.05) is 43.3 Å². The van der Waals surface area contributed by atoms with Gasteiger partial charge in [0.2, 0.25) is 11.8 Å². The molecule has 0 saturated carbocycles. The van der Waals surface area contributed by atoms with Crippen molar-refractivity contribution in [3.8, 4) is 0 Å². The van der Waals surface area contributed by atoms with Gasteiger partial charge in [-0.05, 0) is 31.0 Å². The van der Waals surface area contributed by atoms with Gasteiger partial charge >= 0.3 is 0 Å². The molecule has 3 aromatic rings. The zero-order valence-corrected chi connectivity index (χ0v) is 15.9. The maximum Gasteiger partial charge on any atom is 0.275 e. The Kier molecular flexibility index (Phi) is 5.84. The Morgan fingerprint density at radius 3 is 2.43 bits per heavy atom. The van der Waals surface area contributed by atoms with Crippen molar-refractivity contribution in [3.05, 3.63) is 70.1 Å². The van der Waals surface area contributed by atoms with Crippen molar-refractivity contribution in [2.24, 2.45) is 0 Å². The average molecular weight is 378 g/mol. The van der Waals surface area contributed by atoms with Gasteiger partial charge in [-0.2, -0.15) is 5.10 Å². The fourth-order valence-corrected chi connectivity index (χ4v) is 3.03. The van der Waals surface area contributed by atoms with Crippen LogP contribution in [0, 0.1) is 6.92 Å². The number of para-hydroxylation sites is 1. The van der Waals surface area contributed by atoms with E-state index in [1.807, 2.05) is 43.3 Å². The zero-order chi connectivity index (χ0) is 20.1. The van der Waals surface area contributed by atoms with Crippen LogP contribution in [0.3, 0.4) is 0 Å². The van der Waals surface area contributed by atoms with Gasteiger partial charge < -0.3 is 10.6 Å². The summed E-state index contributed by atoms with van der Waals surface area (Å²) < 4.78 is 1.12. The Morgan fingerprint density at radius 1 is 1.00 bits per heavy atom. The number of carbonyl (C=O) groups excluding carboxylic acids is 2. The van der Waals surface area contributed by atoms with E-state index in [0.717, 1.165) is 27.7 Å². The number of aryl methyl sites for hydroxylation is 2. The molecule has 0 spiro atoms. The second kappa shape index (κ2) is 8.47. The van der Waals surface area contributed by atoms with Crippen molar-refractivity contribution in [1.29, 1.82) is 0 Å². The molecule has 3 rings (SSSR count). The normalized spacial score (nSPS) is 10.6. The summed E-state index contributed by atoms with van der Waals surface area (Å²) >= 11 is 0. The number of benzene rings is 2. The third-order valence-corrected chi connectivity index (χ3v) is 4.46. The van der Waals surface area contributed by atoms with Gasteiger partial charge in [0, 0.05) is 11.1 Å². The summed E-state index contributed by atoms with van der Waals surface area (Å²) in [6.45, 7) is 3.36. The van der Waals surface area contributed by atoms with Gasteiger partial charge in [0.1, 0.15) is 6.54 Å². The predicted molar refractivity (Wildman–Crippen MR) is 108 cm³/mol. The maximum absolute atomic E-state index is 12.5. The topological polar surface area (TPSA) is 93.1 Å². The minimum Gasteiger partial charge on any atom is -0.345 e. The first-order valence-electron chi connectivity index (χ1n) is 9.10. The third-order valence-electron chi connectivity index (χ3n) is 4.46. The monoisotopic (exact) mass is 378 g/mol. The van der Waals surface area contributed by atoms with Crippen LogP contribution in [0.4, 0.5) is 5.69 Å².